The van der Waals surface area contributed by atoms with E-state index in [1.807, 2.05) is 53.9 Å². The van der Waals surface area contributed by atoms with Gasteiger partial charge < -0.3 is 19.2 Å². The second-order valence-corrected chi connectivity index (χ2v) is 7.04. The predicted octanol–water partition coefficient (Wildman–Crippen LogP) is 4.90. The van der Waals surface area contributed by atoms with Crippen molar-refractivity contribution in [2.75, 3.05) is 19.5 Å². The van der Waals surface area contributed by atoms with Crippen LogP contribution >= 0.6 is 11.3 Å². The minimum atomic E-state index is -0.326. The molecule has 0 atom stereocenters. The number of amides is 2. The molecule has 29 heavy (non-hydrogen) atoms. The van der Waals surface area contributed by atoms with Crippen molar-refractivity contribution in [1.29, 1.82) is 0 Å². The van der Waals surface area contributed by atoms with Crippen molar-refractivity contribution in [3.8, 4) is 23.0 Å². The number of benzene rings is 2. The number of nitrogens with zero attached hydrogens (tertiary/aromatic N) is 1. The molecule has 2 aromatic heterocycles. The van der Waals surface area contributed by atoms with Crippen molar-refractivity contribution in [3.05, 3.63) is 59.5 Å². The average Bonchev–Trinajstić information content (AvgIpc) is 3.39. The Bertz CT molecular complexity index is 1130. The van der Waals surface area contributed by atoms with Gasteiger partial charge >= 0.3 is 6.03 Å². The van der Waals surface area contributed by atoms with Crippen LogP contribution in [0.25, 0.3) is 22.4 Å². The molecule has 0 saturated heterocycles. The van der Waals surface area contributed by atoms with Gasteiger partial charge in [0.2, 0.25) is 0 Å². The molecule has 4 rings (SSSR count). The fourth-order valence-corrected chi connectivity index (χ4v) is 3.53. The molecule has 0 saturated carbocycles. The molecule has 2 heterocycles. The van der Waals surface area contributed by atoms with Crippen LogP contribution < -0.4 is 20.1 Å². The SMILES string of the molecule is COc1ccc(CNC(=O)Nc2nc(-c3cc4cccc(OC)c4o3)cs2)cc1. The van der Waals surface area contributed by atoms with Crippen LogP contribution in [0.3, 0.4) is 0 Å². The first-order chi connectivity index (χ1) is 14.2. The summed E-state index contributed by atoms with van der Waals surface area (Å²) in [7, 11) is 3.22. The summed E-state index contributed by atoms with van der Waals surface area (Å²) in [6, 6.07) is 14.8. The number of nitrogens with one attached hydrogen (secondary N) is 2. The van der Waals surface area contributed by atoms with Crippen LogP contribution in [0.2, 0.25) is 0 Å². The number of hydrogen-bond acceptors (Lipinski definition) is 6. The number of furan rings is 1. The third-order valence-electron chi connectivity index (χ3n) is 4.32. The van der Waals surface area contributed by atoms with E-state index in [2.05, 4.69) is 15.6 Å². The highest BCUT2D eigenvalue weighted by Crippen LogP contribution is 2.34. The zero-order chi connectivity index (χ0) is 20.2. The normalized spacial score (nSPS) is 10.7. The minimum absolute atomic E-state index is 0.326. The second-order valence-electron chi connectivity index (χ2n) is 6.18. The zero-order valence-corrected chi connectivity index (χ0v) is 16.7. The lowest BCUT2D eigenvalue weighted by Crippen LogP contribution is -2.28. The summed E-state index contributed by atoms with van der Waals surface area (Å²) < 4.78 is 16.3. The number of thiazole rings is 1. The van der Waals surface area contributed by atoms with Crippen LogP contribution in [0.1, 0.15) is 5.56 Å². The zero-order valence-electron chi connectivity index (χ0n) is 15.9. The standard InChI is InChI=1S/C21H19N3O4S/c1-26-15-8-6-13(7-9-15)11-22-20(25)24-21-23-16(12-29-21)18-10-14-4-3-5-17(27-2)19(14)28-18/h3-10,12H,11H2,1-2H3,(H2,22,23,24,25). The highest BCUT2D eigenvalue weighted by Gasteiger charge is 2.14. The molecule has 8 heteroatoms. The van der Waals surface area contributed by atoms with Gasteiger partial charge in [-0.1, -0.05) is 24.3 Å². The molecule has 148 valence electrons. The van der Waals surface area contributed by atoms with Crippen molar-refractivity contribution >= 4 is 33.5 Å². The lowest BCUT2D eigenvalue weighted by molar-refractivity contribution is 0.251. The smallest absolute Gasteiger partial charge is 0.321 e. The number of hydrogen-bond donors (Lipinski definition) is 2. The van der Waals surface area contributed by atoms with Crippen molar-refractivity contribution in [2.45, 2.75) is 6.54 Å². The summed E-state index contributed by atoms with van der Waals surface area (Å²) in [5.41, 5.74) is 2.29. The number of rotatable bonds is 6. The largest absolute Gasteiger partial charge is 0.497 e. The van der Waals surface area contributed by atoms with Gasteiger partial charge in [-0.3, -0.25) is 5.32 Å². The van der Waals surface area contributed by atoms with Gasteiger partial charge in [0.25, 0.3) is 0 Å². The van der Waals surface area contributed by atoms with Gasteiger partial charge in [0.15, 0.2) is 22.2 Å². The molecule has 0 aliphatic rings. The van der Waals surface area contributed by atoms with Gasteiger partial charge in [-0.25, -0.2) is 9.78 Å². The van der Waals surface area contributed by atoms with E-state index in [0.29, 0.717) is 34.5 Å². The summed E-state index contributed by atoms with van der Waals surface area (Å²) in [6.45, 7) is 0.400. The van der Waals surface area contributed by atoms with Crippen LogP contribution in [0.4, 0.5) is 9.93 Å². The van der Waals surface area contributed by atoms with Crippen LogP contribution in [-0.4, -0.2) is 25.2 Å². The minimum Gasteiger partial charge on any atom is -0.497 e. The van der Waals surface area contributed by atoms with Gasteiger partial charge in [-0.05, 0) is 29.8 Å². The molecule has 0 aliphatic heterocycles. The first kappa shape index (κ1) is 18.8. The van der Waals surface area contributed by atoms with Crippen molar-refractivity contribution < 1.29 is 18.7 Å². The molecule has 0 unspecified atom stereocenters. The topological polar surface area (TPSA) is 85.6 Å². The Morgan fingerprint density at radius 1 is 1.14 bits per heavy atom. The Kier molecular flexibility index (Phi) is 5.35. The van der Waals surface area contributed by atoms with Crippen LogP contribution in [-0.2, 0) is 6.54 Å². The van der Waals surface area contributed by atoms with E-state index in [9.17, 15) is 4.79 Å². The van der Waals surface area contributed by atoms with Gasteiger partial charge in [0.1, 0.15) is 11.4 Å². The number of fused-ring (bicyclic) bond motifs is 1. The molecule has 2 amide bonds. The fraction of sp³-hybridized carbons (Fsp3) is 0.143. The molecular weight excluding hydrogens is 390 g/mol. The Hall–Kier alpha value is -3.52. The van der Waals surface area contributed by atoms with Crippen LogP contribution in [0.5, 0.6) is 11.5 Å². The van der Waals surface area contributed by atoms with Gasteiger partial charge in [-0.15, -0.1) is 11.3 Å². The van der Waals surface area contributed by atoms with Gasteiger partial charge in [0, 0.05) is 17.3 Å². The van der Waals surface area contributed by atoms with Gasteiger partial charge in [-0.2, -0.15) is 0 Å². The number of methoxy groups -OCH3 is 2. The summed E-state index contributed by atoms with van der Waals surface area (Å²) in [5, 5.41) is 8.81. The molecule has 2 N–H and O–H groups in total. The van der Waals surface area contributed by atoms with E-state index in [0.717, 1.165) is 16.7 Å². The monoisotopic (exact) mass is 409 g/mol. The van der Waals surface area contributed by atoms with E-state index >= 15 is 0 Å². The van der Waals surface area contributed by atoms with E-state index in [1.54, 1.807) is 14.2 Å². The molecule has 0 spiro atoms. The number of para-hydroxylation sites is 1. The predicted molar refractivity (Wildman–Crippen MR) is 113 cm³/mol. The lowest BCUT2D eigenvalue weighted by Gasteiger charge is -2.06. The maximum Gasteiger partial charge on any atom is 0.321 e. The number of aromatic nitrogens is 1. The Morgan fingerprint density at radius 3 is 2.72 bits per heavy atom. The summed E-state index contributed by atoms with van der Waals surface area (Å²) in [4.78, 5) is 16.6. The van der Waals surface area contributed by atoms with E-state index in [4.69, 9.17) is 13.9 Å². The lowest BCUT2D eigenvalue weighted by atomic mass is 10.2. The number of urea groups is 1. The Labute approximate surface area is 171 Å². The highest BCUT2D eigenvalue weighted by molar-refractivity contribution is 7.14. The first-order valence-electron chi connectivity index (χ1n) is 8.86. The Morgan fingerprint density at radius 2 is 1.97 bits per heavy atom. The van der Waals surface area contributed by atoms with Gasteiger partial charge in [0.05, 0.1) is 14.2 Å². The number of anilines is 1. The Balaban J connectivity index is 1.40. The third-order valence-corrected chi connectivity index (χ3v) is 5.07. The quantitative estimate of drug-likeness (QED) is 0.473. The van der Waals surface area contributed by atoms with Crippen LogP contribution in [0, 0.1) is 0 Å². The third kappa shape index (κ3) is 4.17. The second kappa shape index (κ2) is 8.24. The molecule has 0 aliphatic carbocycles. The van der Waals surface area contributed by atoms with E-state index in [1.165, 1.54) is 11.3 Å². The molecule has 0 radical (unpaired) electrons. The number of carbonyl (C=O) groups is 1. The molecular formula is C21H19N3O4S. The first-order valence-corrected chi connectivity index (χ1v) is 9.74. The van der Waals surface area contributed by atoms with Crippen LogP contribution in [0.15, 0.2) is 58.3 Å². The summed E-state index contributed by atoms with van der Waals surface area (Å²) in [6.07, 6.45) is 0. The van der Waals surface area contributed by atoms with Crippen molar-refractivity contribution in [1.82, 2.24) is 10.3 Å². The van der Waals surface area contributed by atoms with E-state index < -0.39 is 0 Å². The van der Waals surface area contributed by atoms with Crippen molar-refractivity contribution in [2.24, 2.45) is 0 Å². The summed E-state index contributed by atoms with van der Waals surface area (Å²) in [5.74, 6) is 2.06. The van der Waals surface area contributed by atoms with Crippen molar-refractivity contribution in [3.63, 3.8) is 0 Å². The maximum absolute atomic E-state index is 12.2. The highest BCUT2D eigenvalue weighted by atomic mass is 32.1. The molecule has 7 nitrogen and oxygen atoms in total. The summed E-state index contributed by atoms with van der Waals surface area (Å²) >= 11 is 1.33. The maximum atomic E-state index is 12.2. The molecule has 0 bridgehead atoms. The van der Waals surface area contributed by atoms with E-state index in [-0.39, 0.29) is 6.03 Å². The molecule has 0 fully saturated rings. The molecule has 4 aromatic rings. The number of carbonyl (C=O) groups excluding carboxylic acids is 1. The fourth-order valence-electron chi connectivity index (χ4n) is 2.83. The number of ether oxygens (including phenoxy) is 2. The molecule has 2 aromatic carbocycles. The average molecular weight is 409 g/mol.